The minimum atomic E-state index is 0.335. The van der Waals surface area contributed by atoms with Crippen LogP contribution in [0.5, 0.6) is 0 Å². The standard InChI is InChI=1S/C22H34N4/c1-15(2)10-18(11-16(3)23)19-12-17-4-7-25-14-21(17)22(13-19)26-20-5-8-24-9-6-20/h4,7,11-15,17-18,20-21,24,26H,5-6,8-10,23H2,1-3H3/b16-11-. The molecule has 0 aromatic heterocycles. The van der Waals surface area contributed by atoms with Crippen molar-refractivity contribution in [2.24, 2.45) is 34.4 Å². The van der Waals surface area contributed by atoms with Crippen LogP contribution < -0.4 is 16.4 Å². The predicted molar refractivity (Wildman–Crippen MR) is 111 cm³/mol. The lowest BCUT2D eigenvalue weighted by Gasteiger charge is -2.35. The molecular weight excluding hydrogens is 320 g/mol. The second-order valence-corrected chi connectivity index (χ2v) is 8.32. The molecule has 0 radical (unpaired) electrons. The number of nitrogens with zero attached hydrogens (tertiary/aromatic N) is 1. The summed E-state index contributed by atoms with van der Waals surface area (Å²) in [6.07, 6.45) is 16.8. The summed E-state index contributed by atoms with van der Waals surface area (Å²) in [4.78, 5) is 4.41. The van der Waals surface area contributed by atoms with Gasteiger partial charge in [0, 0.05) is 47.6 Å². The van der Waals surface area contributed by atoms with E-state index < -0.39 is 0 Å². The number of fused-ring (bicyclic) bond motifs is 1. The smallest absolute Gasteiger partial charge is 0.0439 e. The lowest BCUT2D eigenvalue weighted by molar-refractivity contribution is 0.396. The van der Waals surface area contributed by atoms with E-state index in [2.05, 4.69) is 60.0 Å². The first-order valence-electron chi connectivity index (χ1n) is 10.1. The third-order valence-electron chi connectivity index (χ3n) is 5.45. The Bertz CT molecular complexity index is 629. The lowest BCUT2D eigenvalue weighted by Crippen LogP contribution is -2.42. The topological polar surface area (TPSA) is 62.4 Å². The molecule has 4 heteroatoms. The molecule has 0 aromatic rings. The summed E-state index contributed by atoms with van der Waals surface area (Å²) < 4.78 is 0. The Labute approximate surface area is 158 Å². The number of piperidine rings is 1. The summed E-state index contributed by atoms with van der Waals surface area (Å²) in [7, 11) is 0. The van der Waals surface area contributed by atoms with Gasteiger partial charge in [-0.15, -0.1) is 0 Å². The van der Waals surface area contributed by atoms with E-state index in [1.807, 2.05) is 13.1 Å². The van der Waals surface area contributed by atoms with Crippen molar-refractivity contribution in [1.29, 1.82) is 0 Å². The highest BCUT2D eigenvalue weighted by molar-refractivity contribution is 5.70. The van der Waals surface area contributed by atoms with Gasteiger partial charge < -0.3 is 16.4 Å². The monoisotopic (exact) mass is 354 g/mol. The first-order valence-corrected chi connectivity index (χ1v) is 10.1. The molecule has 4 N–H and O–H groups in total. The molecular formula is C22H34N4. The average molecular weight is 355 g/mol. The van der Waals surface area contributed by atoms with Gasteiger partial charge in [0.1, 0.15) is 0 Å². The van der Waals surface area contributed by atoms with Gasteiger partial charge in [-0.05, 0) is 56.8 Å². The fourth-order valence-electron chi connectivity index (χ4n) is 4.20. The number of nitrogens with one attached hydrogen (secondary N) is 2. The molecule has 1 aliphatic carbocycles. The Balaban J connectivity index is 1.87. The quantitative estimate of drug-likeness (QED) is 0.684. The van der Waals surface area contributed by atoms with Crippen molar-refractivity contribution in [3.8, 4) is 0 Å². The molecule has 0 aromatic carbocycles. The summed E-state index contributed by atoms with van der Waals surface area (Å²) in [6.45, 7) is 8.75. The molecule has 2 aliphatic heterocycles. The van der Waals surface area contributed by atoms with Crippen LogP contribution in [0.2, 0.25) is 0 Å². The molecule has 1 saturated heterocycles. The molecule has 0 amide bonds. The summed E-state index contributed by atoms with van der Waals surface area (Å²) in [5.74, 6) is 1.73. The van der Waals surface area contributed by atoms with E-state index in [0.717, 1.165) is 25.2 Å². The van der Waals surface area contributed by atoms with Crippen molar-refractivity contribution >= 4 is 6.21 Å². The Kier molecular flexibility index (Phi) is 6.36. The van der Waals surface area contributed by atoms with E-state index >= 15 is 0 Å². The van der Waals surface area contributed by atoms with Gasteiger partial charge in [0.05, 0.1) is 0 Å². The predicted octanol–water partition coefficient (Wildman–Crippen LogP) is 3.51. The summed E-state index contributed by atoms with van der Waals surface area (Å²) >= 11 is 0. The molecule has 2 heterocycles. The molecule has 4 nitrogen and oxygen atoms in total. The number of allylic oxidation sites excluding steroid dienone is 7. The number of rotatable bonds is 6. The molecule has 0 bridgehead atoms. The first kappa shape index (κ1) is 19.0. The molecule has 3 aliphatic rings. The third kappa shape index (κ3) is 4.88. The number of hydrogen-bond donors (Lipinski definition) is 3. The fourth-order valence-corrected chi connectivity index (χ4v) is 4.20. The number of nitrogens with two attached hydrogens (primary N) is 1. The molecule has 3 rings (SSSR count). The number of hydrogen-bond acceptors (Lipinski definition) is 4. The SMILES string of the molecule is C/C(N)=C/C(CC(C)C)C1=CC2C=CN=CC2C(NC2CCNCC2)=C1. The van der Waals surface area contributed by atoms with Crippen molar-refractivity contribution < 1.29 is 0 Å². The molecule has 1 fully saturated rings. The minimum Gasteiger partial charge on any atom is -0.403 e. The van der Waals surface area contributed by atoms with Gasteiger partial charge in [-0.1, -0.05) is 32.1 Å². The average Bonchev–Trinajstić information content (AvgIpc) is 2.61. The second kappa shape index (κ2) is 8.72. The van der Waals surface area contributed by atoms with Gasteiger partial charge in [0.15, 0.2) is 0 Å². The van der Waals surface area contributed by atoms with Crippen LogP contribution in [0.4, 0.5) is 0 Å². The third-order valence-corrected chi connectivity index (χ3v) is 5.45. The second-order valence-electron chi connectivity index (χ2n) is 8.32. The zero-order valence-corrected chi connectivity index (χ0v) is 16.4. The van der Waals surface area contributed by atoms with E-state index in [4.69, 9.17) is 5.73 Å². The van der Waals surface area contributed by atoms with Crippen molar-refractivity contribution in [2.75, 3.05) is 13.1 Å². The van der Waals surface area contributed by atoms with E-state index in [1.54, 1.807) is 0 Å². The zero-order valence-electron chi connectivity index (χ0n) is 16.4. The summed E-state index contributed by atoms with van der Waals surface area (Å²) in [6, 6.07) is 0.553. The van der Waals surface area contributed by atoms with Crippen molar-refractivity contribution in [3.63, 3.8) is 0 Å². The van der Waals surface area contributed by atoms with Crippen LogP contribution in [0.3, 0.4) is 0 Å². The van der Waals surface area contributed by atoms with Gasteiger partial charge >= 0.3 is 0 Å². The highest BCUT2D eigenvalue weighted by Crippen LogP contribution is 2.35. The van der Waals surface area contributed by atoms with Crippen LogP contribution in [-0.2, 0) is 0 Å². The lowest BCUT2D eigenvalue weighted by atomic mass is 9.77. The van der Waals surface area contributed by atoms with Crippen molar-refractivity contribution in [1.82, 2.24) is 10.6 Å². The maximum absolute atomic E-state index is 6.05. The van der Waals surface area contributed by atoms with Crippen LogP contribution in [0.25, 0.3) is 0 Å². The van der Waals surface area contributed by atoms with Crippen LogP contribution >= 0.6 is 0 Å². The Morgan fingerprint density at radius 2 is 2.15 bits per heavy atom. The largest absolute Gasteiger partial charge is 0.403 e. The van der Waals surface area contributed by atoms with Crippen LogP contribution in [0.15, 0.2) is 52.5 Å². The minimum absolute atomic E-state index is 0.335. The van der Waals surface area contributed by atoms with Gasteiger partial charge in [0.2, 0.25) is 0 Å². The van der Waals surface area contributed by atoms with Crippen LogP contribution in [0, 0.1) is 23.7 Å². The highest BCUT2D eigenvalue weighted by Gasteiger charge is 2.29. The van der Waals surface area contributed by atoms with Crippen molar-refractivity contribution in [2.45, 2.75) is 46.1 Å². The summed E-state index contributed by atoms with van der Waals surface area (Å²) in [5, 5.41) is 7.30. The molecule has 142 valence electrons. The molecule has 0 saturated carbocycles. The van der Waals surface area contributed by atoms with Crippen LogP contribution in [-0.4, -0.2) is 25.3 Å². The fraction of sp³-hybridized carbons (Fsp3) is 0.591. The van der Waals surface area contributed by atoms with Gasteiger partial charge in [-0.3, -0.25) is 4.99 Å². The van der Waals surface area contributed by atoms with E-state index in [-0.39, 0.29) is 0 Å². The van der Waals surface area contributed by atoms with Gasteiger partial charge in [-0.2, -0.15) is 0 Å². The summed E-state index contributed by atoms with van der Waals surface area (Å²) in [5.41, 5.74) is 9.66. The normalized spacial score (nSPS) is 27.8. The molecule has 3 unspecified atom stereocenters. The molecule has 3 atom stereocenters. The molecule has 26 heavy (non-hydrogen) atoms. The van der Waals surface area contributed by atoms with Gasteiger partial charge in [-0.25, -0.2) is 0 Å². The van der Waals surface area contributed by atoms with E-state index in [0.29, 0.717) is 29.7 Å². The molecule has 0 spiro atoms. The Morgan fingerprint density at radius 1 is 1.38 bits per heavy atom. The van der Waals surface area contributed by atoms with E-state index in [9.17, 15) is 0 Å². The Hall–Kier alpha value is -1.81. The van der Waals surface area contributed by atoms with Gasteiger partial charge in [0.25, 0.3) is 0 Å². The Morgan fingerprint density at radius 3 is 2.85 bits per heavy atom. The van der Waals surface area contributed by atoms with Crippen molar-refractivity contribution in [3.05, 3.63) is 47.5 Å². The van der Waals surface area contributed by atoms with E-state index in [1.165, 1.54) is 24.1 Å². The number of aliphatic imine (C=N–C) groups is 1. The van der Waals surface area contributed by atoms with Crippen LogP contribution in [0.1, 0.15) is 40.0 Å². The first-order chi connectivity index (χ1) is 12.5. The maximum atomic E-state index is 6.05. The zero-order chi connectivity index (χ0) is 18.5. The highest BCUT2D eigenvalue weighted by atomic mass is 15.0. The maximum Gasteiger partial charge on any atom is 0.0439 e.